The van der Waals surface area contributed by atoms with Gasteiger partial charge >= 0.3 is 0 Å². The van der Waals surface area contributed by atoms with Gasteiger partial charge < -0.3 is 26.2 Å². The number of nitrogens with one attached hydrogen (secondary N) is 1. The first-order chi connectivity index (χ1) is 19.7. The van der Waals surface area contributed by atoms with Crippen LogP contribution in [0.4, 0.5) is 5.69 Å². The molecule has 3 unspecified atom stereocenters. The second-order valence-electron chi connectivity index (χ2n) is 13.3. The van der Waals surface area contributed by atoms with Gasteiger partial charge in [-0.1, -0.05) is 6.92 Å². The molecule has 11 heteroatoms. The predicted molar refractivity (Wildman–Crippen MR) is 154 cm³/mol. The number of hydrogen-bond donors (Lipinski definition) is 4. The number of nitrogens with zero attached hydrogens (tertiary/aromatic N) is 2. The third kappa shape index (κ3) is 4.57. The van der Waals surface area contributed by atoms with Crippen LogP contribution in [0.15, 0.2) is 6.07 Å². The molecule has 0 aliphatic heterocycles. The second kappa shape index (κ2) is 10.8. The normalized spacial score (nSPS) is 34.6. The van der Waals surface area contributed by atoms with E-state index in [-0.39, 0.29) is 24.2 Å². The van der Waals surface area contributed by atoms with Gasteiger partial charge in [0.25, 0.3) is 0 Å². The van der Waals surface area contributed by atoms with Crippen LogP contribution < -0.4 is 16.0 Å². The second-order valence-corrected chi connectivity index (χ2v) is 13.3. The van der Waals surface area contributed by atoms with E-state index >= 15 is 0 Å². The number of aromatic hydroxyl groups is 1. The standard InChI is InChI=1S/C31H42N4O7/c1-14-6-8-17(9-7-14)33-13-16-12-20(34(2)3)18-10-15-11-19-24(35(4)5)27(38)23(30(32)41)29(40)31(19,42)28(39)21(15)26(37)22(18)25(16)36/h12,14-15,17,19,21,23-24,33,36,42H,6-11,13H2,1-5H3,(H2,32,41)/t14?,15-,17?,19-,21?,23?,24?,31-/m1/s1. The van der Waals surface area contributed by atoms with Crippen LogP contribution in [-0.2, 0) is 32.1 Å². The lowest BCUT2D eigenvalue weighted by molar-refractivity contribution is -0.181. The van der Waals surface area contributed by atoms with Gasteiger partial charge in [-0.05, 0) is 76.1 Å². The Morgan fingerprint density at radius 3 is 2.29 bits per heavy atom. The largest absolute Gasteiger partial charge is 0.507 e. The highest BCUT2D eigenvalue weighted by Crippen LogP contribution is 2.52. The van der Waals surface area contributed by atoms with Crippen molar-refractivity contribution in [1.29, 1.82) is 0 Å². The Bertz CT molecular complexity index is 1350. The molecule has 42 heavy (non-hydrogen) atoms. The summed E-state index contributed by atoms with van der Waals surface area (Å²) in [5, 5.41) is 26.7. The highest BCUT2D eigenvalue weighted by Gasteiger charge is 2.69. The average molecular weight is 583 g/mol. The summed E-state index contributed by atoms with van der Waals surface area (Å²) in [4.78, 5) is 70.5. The van der Waals surface area contributed by atoms with Gasteiger partial charge in [-0.15, -0.1) is 0 Å². The highest BCUT2D eigenvalue weighted by molar-refractivity contribution is 6.32. The fourth-order valence-electron chi connectivity index (χ4n) is 7.96. The number of Topliss-reactive ketones (excluding diaryl/α,β-unsaturated/α-hetero) is 4. The van der Waals surface area contributed by atoms with E-state index in [0.29, 0.717) is 29.6 Å². The lowest BCUT2D eigenvalue weighted by Gasteiger charge is -2.52. The van der Waals surface area contributed by atoms with Crippen molar-refractivity contribution in [2.24, 2.45) is 35.3 Å². The first-order valence-corrected chi connectivity index (χ1v) is 14.8. The monoisotopic (exact) mass is 582 g/mol. The van der Waals surface area contributed by atoms with Gasteiger partial charge in [0.05, 0.1) is 17.5 Å². The van der Waals surface area contributed by atoms with Gasteiger partial charge in [0.15, 0.2) is 34.7 Å². The van der Waals surface area contributed by atoms with Gasteiger partial charge in [0, 0.05) is 43.9 Å². The zero-order valence-corrected chi connectivity index (χ0v) is 25.0. The summed E-state index contributed by atoms with van der Waals surface area (Å²) >= 11 is 0. The molecule has 3 fully saturated rings. The zero-order chi connectivity index (χ0) is 30.8. The SMILES string of the molecule is CC1CCC(NCc2cc(N(C)C)c3c(c2O)C(=O)C2C(=O)[C@@]4(O)C(=O)C(C(N)=O)C(=O)C(N(C)C)[C@H]4C[C@H]2C3)CC1. The number of rotatable bonds is 6. The van der Waals surface area contributed by atoms with E-state index in [0.717, 1.165) is 31.4 Å². The maximum absolute atomic E-state index is 14.2. The summed E-state index contributed by atoms with van der Waals surface area (Å²) in [7, 11) is 6.83. The van der Waals surface area contributed by atoms with Crippen LogP contribution in [0.2, 0.25) is 0 Å². The van der Waals surface area contributed by atoms with Crippen molar-refractivity contribution in [3.8, 4) is 5.75 Å². The minimum Gasteiger partial charge on any atom is -0.507 e. The van der Waals surface area contributed by atoms with Crippen LogP contribution in [0.5, 0.6) is 5.75 Å². The van der Waals surface area contributed by atoms with E-state index in [9.17, 15) is 34.2 Å². The van der Waals surface area contributed by atoms with E-state index in [1.54, 1.807) is 14.1 Å². The Morgan fingerprint density at radius 2 is 1.71 bits per heavy atom. The Hall–Kier alpha value is -3.15. The van der Waals surface area contributed by atoms with Crippen molar-refractivity contribution < 1.29 is 34.2 Å². The first kappa shape index (κ1) is 30.3. The summed E-state index contributed by atoms with van der Waals surface area (Å²) in [6.07, 6.45) is 4.57. The summed E-state index contributed by atoms with van der Waals surface area (Å²) < 4.78 is 0. The summed E-state index contributed by atoms with van der Waals surface area (Å²) in [6.45, 7) is 2.58. The van der Waals surface area contributed by atoms with Crippen LogP contribution in [0, 0.1) is 29.6 Å². The Labute approximate surface area is 245 Å². The quantitative estimate of drug-likeness (QED) is 0.348. The smallest absolute Gasteiger partial charge is 0.235 e. The van der Waals surface area contributed by atoms with E-state index in [2.05, 4.69) is 12.2 Å². The van der Waals surface area contributed by atoms with Crippen molar-refractivity contribution in [3.05, 3.63) is 22.8 Å². The molecule has 228 valence electrons. The molecule has 0 bridgehead atoms. The number of hydrogen-bond acceptors (Lipinski definition) is 10. The van der Waals surface area contributed by atoms with Gasteiger partial charge in [-0.3, -0.25) is 28.9 Å². The Balaban J connectivity index is 1.55. The number of benzene rings is 1. The number of carbonyl (C=O) groups is 5. The fraction of sp³-hybridized carbons (Fsp3) is 0.645. The molecule has 11 nitrogen and oxygen atoms in total. The number of phenolic OH excluding ortho intramolecular Hbond substituents is 1. The van der Waals surface area contributed by atoms with Crippen LogP contribution in [0.25, 0.3) is 0 Å². The molecular weight excluding hydrogens is 540 g/mol. The van der Waals surface area contributed by atoms with Crippen LogP contribution in [0.1, 0.15) is 60.5 Å². The first-order valence-electron chi connectivity index (χ1n) is 14.8. The van der Waals surface area contributed by atoms with Crippen LogP contribution in [-0.4, -0.2) is 90.0 Å². The minimum atomic E-state index is -2.73. The van der Waals surface area contributed by atoms with E-state index in [4.69, 9.17) is 5.73 Å². The zero-order valence-electron chi connectivity index (χ0n) is 25.0. The Kier molecular flexibility index (Phi) is 7.83. The predicted octanol–water partition coefficient (Wildman–Crippen LogP) is 0.601. The molecule has 1 amide bonds. The van der Waals surface area contributed by atoms with Crippen LogP contribution in [0.3, 0.4) is 0 Å². The lowest BCUT2D eigenvalue weighted by atomic mass is 9.52. The Morgan fingerprint density at radius 1 is 1.07 bits per heavy atom. The summed E-state index contributed by atoms with van der Waals surface area (Å²) in [5.74, 6) is -9.61. The van der Waals surface area contributed by atoms with Gasteiger partial charge in [-0.2, -0.15) is 0 Å². The molecule has 1 aromatic rings. The summed E-state index contributed by atoms with van der Waals surface area (Å²) in [6, 6.07) is 1.05. The van der Waals surface area contributed by atoms with E-state index in [1.807, 2.05) is 25.1 Å². The molecule has 0 saturated heterocycles. The molecule has 1 aromatic carbocycles. The van der Waals surface area contributed by atoms with Gasteiger partial charge in [0.2, 0.25) is 5.91 Å². The van der Waals surface area contributed by atoms with Crippen molar-refractivity contribution >= 4 is 34.7 Å². The van der Waals surface area contributed by atoms with Crippen molar-refractivity contribution in [2.45, 2.75) is 69.7 Å². The molecule has 5 rings (SSSR count). The summed E-state index contributed by atoms with van der Waals surface area (Å²) in [5.41, 5.74) is 4.57. The molecule has 5 N–H and O–H groups in total. The number of anilines is 1. The van der Waals surface area contributed by atoms with Crippen LogP contribution >= 0.6 is 0 Å². The number of phenols is 1. The number of nitrogens with two attached hydrogens (primary N) is 1. The van der Waals surface area contributed by atoms with Crippen molar-refractivity contribution in [2.75, 3.05) is 33.1 Å². The van der Waals surface area contributed by atoms with Gasteiger partial charge in [-0.25, -0.2) is 0 Å². The fourth-order valence-corrected chi connectivity index (χ4v) is 7.96. The molecule has 0 heterocycles. The van der Waals surface area contributed by atoms with Crippen molar-refractivity contribution in [1.82, 2.24) is 10.2 Å². The molecule has 3 saturated carbocycles. The number of amides is 1. The topological polar surface area (TPSA) is 170 Å². The number of aliphatic hydroxyl groups is 1. The third-order valence-electron chi connectivity index (χ3n) is 10.2. The molecule has 4 aliphatic carbocycles. The van der Waals surface area contributed by atoms with E-state index < -0.39 is 64.4 Å². The molecule has 0 aromatic heterocycles. The molecule has 0 radical (unpaired) electrons. The third-order valence-corrected chi connectivity index (χ3v) is 10.2. The number of ketones is 4. The number of primary amides is 1. The number of likely N-dealkylation sites (N-methyl/N-ethyl adjacent to an activating group) is 1. The molecule has 0 spiro atoms. The number of carbonyl (C=O) groups excluding carboxylic acids is 5. The highest BCUT2D eigenvalue weighted by atomic mass is 16.3. The molecular formula is C31H42N4O7. The minimum absolute atomic E-state index is 0.0287. The maximum Gasteiger partial charge on any atom is 0.235 e. The lowest BCUT2D eigenvalue weighted by Crippen LogP contribution is -2.74. The molecule has 4 aliphatic rings. The average Bonchev–Trinajstić information content (AvgIpc) is 2.90. The van der Waals surface area contributed by atoms with E-state index in [1.165, 1.54) is 4.90 Å². The number of fused-ring (bicyclic) bond motifs is 3. The molecule has 6 atom stereocenters. The van der Waals surface area contributed by atoms with Crippen molar-refractivity contribution in [3.63, 3.8) is 0 Å². The van der Waals surface area contributed by atoms with Gasteiger partial charge in [0.1, 0.15) is 5.75 Å². The maximum atomic E-state index is 14.2.